The molecule has 0 bridgehead atoms. The smallest absolute Gasteiger partial charge is 0.118 e. The van der Waals surface area contributed by atoms with E-state index in [9.17, 15) is 5.11 Å². The van der Waals surface area contributed by atoms with E-state index in [1.165, 1.54) is 5.56 Å². The van der Waals surface area contributed by atoms with Gasteiger partial charge in [0.1, 0.15) is 5.75 Å². The van der Waals surface area contributed by atoms with Crippen LogP contribution in [0.3, 0.4) is 0 Å². The standard InChI is InChI=1S/C15H24O2/c1-14(2,3)15(4,16)11-10-12-6-8-13(17-5)9-7-12/h6-9,16H,10-11H2,1-5H3. The Balaban J connectivity index is 2.61. The predicted molar refractivity (Wildman–Crippen MR) is 71.4 cm³/mol. The van der Waals surface area contributed by atoms with Crippen LogP contribution in [0.15, 0.2) is 24.3 Å². The molecule has 0 saturated heterocycles. The van der Waals surface area contributed by atoms with Crippen molar-refractivity contribution in [1.29, 1.82) is 0 Å². The summed E-state index contributed by atoms with van der Waals surface area (Å²) in [6.07, 6.45) is 1.65. The lowest BCUT2D eigenvalue weighted by Crippen LogP contribution is -2.40. The van der Waals surface area contributed by atoms with Crippen LogP contribution in [0.1, 0.15) is 39.7 Å². The Kier molecular flexibility index (Phi) is 4.21. The van der Waals surface area contributed by atoms with E-state index in [4.69, 9.17) is 4.74 Å². The summed E-state index contributed by atoms with van der Waals surface area (Å²) in [6, 6.07) is 8.03. The van der Waals surface area contributed by atoms with Gasteiger partial charge in [-0.2, -0.15) is 0 Å². The van der Waals surface area contributed by atoms with Gasteiger partial charge in [-0.3, -0.25) is 0 Å². The van der Waals surface area contributed by atoms with Crippen LogP contribution in [0.4, 0.5) is 0 Å². The van der Waals surface area contributed by atoms with Crippen LogP contribution in [0.25, 0.3) is 0 Å². The summed E-state index contributed by atoms with van der Waals surface area (Å²) < 4.78 is 5.12. The van der Waals surface area contributed by atoms with E-state index >= 15 is 0 Å². The molecule has 96 valence electrons. The highest BCUT2D eigenvalue weighted by Crippen LogP contribution is 2.33. The molecule has 2 nitrogen and oxygen atoms in total. The number of methoxy groups -OCH3 is 1. The van der Waals surface area contributed by atoms with E-state index in [-0.39, 0.29) is 5.41 Å². The molecule has 0 aliphatic carbocycles. The zero-order valence-corrected chi connectivity index (χ0v) is 11.6. The second-order valence-corrected chi connectivity index (χ2v) is 5.87. The minimum atomic E-state index is -0.646. The summed E-state index contributed by atoms with van der Waals surface area (Å²) in [5, 5.41) is 10.4. The van der Waals surface area contributed by atoms with Gasteiger partial charge in [0.2, 0.25) is 0 Å². The predicted octanol–water partition coefficient (Wildman–Crippen LogP) is 3.42. The van der Waals surface area contributed by atoms with Gasteiger partial charge in [0.15, 0.2) is 0 Å². The number of rotatable bonds is 4. The number of hydrogen-bond acceptors (Lipinski definition) is 2. The molecular formula is C15H24O2. The van der Waals surface area contributed by atoms with E-state index in [2.05, 4.69) is 32.9 Å². The van der Waals surface area contributed by atoms with E-state index in [1.54, 1.807) is 7.11 Å². The quantitative estimate of drug-likeness (QED) is 0.868. The largest absolute Gasteiger partial charge is 0.497 e. The summed E-state index contributed by atoms with van der Waals surface area (Å²) >= 11 is 0. The Morgan fingerprint density at radius 1 is 1.06 bits per heavy atom. The minimum absolute atomic E-state index is 0.0977. The lowest BCUT2D eigenvalue weighted by molar-refractivity contribution is -0.0476. The fourth-order valence-corrected chi connectivity index (χ4v) is 1.55. The fourth-order valence-electron chi connectivity index (χ4n) is 1.55. The van der Waals surface area contributed by atoms with Crippen molar-refractivity contribution in [2.24, 2.45) is 5.41 Å². The van der Waals surface area contributed by atoms with Crippen molar-refractivity contribution in [3.8, 4) is 5.75 Å². The molecule has 1 aromatic carbocycles. The van der Waals surface area contributed by atoms with E-state index in [0.717, 1.165) is 18.6 Å². The topological polar surface area (TPSA) is 29.5 Å². The fraction of sp³-hybridized carbons (Fsp3) is 0.600. The van der Waals surface area contributed by atoms with Gasteiger partial charge in [0, 0.05) is 0 Å². The molecule has 0 radical (unpaired) electrons. The van der Waals surface area contributed by atoms with Gasteiger partial charge in [0.25, 0.3) is 0 Å². The molecule has 1 aromatic rings. The molecule has 0 spiro atoms. The van der Waals surface area contributed by atoms with Gasteiger partial charge in [-0.15, -0.1) is 0 Å². The van der Waals surface area contributed by atoms with Crippen molar-refractivity contribution in [3.05, 3.63) is 29.8 Å². The van der Waals surface area contributed by atoms with Crippen molar-refractivity contribution in [2.75, 3.05) is 7.11 Å². The Morgan fingerprint density at radius 3 is 2.00 bits per heavy atom. The molecule has 1 rings (SSSR count). The summed E-state index contributed by atoms with van der Waals surface area (Å²) in [5.74, 6) is 0.872. The second-order valence-electron chi connectivity index (χ2n) is 5.87. The van der Waals surface area contributed by atoms with Crippen molar-refractivity contribution in [1.82, 2.24) is 0 Å². The first-order valence-corrected chi connectivity index (χ1v) is 6.11. The average molecular weight is 236 g/mol. The molecular weight excluding hydrogens is 212 g/mol. The van der Waals surface area contributed by atoms with E-state index < -0.39 is 5.60 Å². The van der Waals surface area contributed by atoms with Gasteiger partial charge in [-0.25, -0.2) is 0 Å². The third kappa shape index (κ3) is 3.74. The Morgan fingerprint density at radius 2 is 1.59 bits per heavy atom. The normalized spacial score (nSPS) is 15.4. The number of ether oxygens (including phenoxy) is 1. The maximum Gasteiger partial charge on any atom is 0.118 e. The first-order valence-electron chi connectivity index (χ1n) is 6.11. The van der Waals surface area contributed by atoms with Crippen LogP contribution in [-0.2, 0) is 6.42 Å². The highest BCUT2D eigenvalue weighted by molar-refractivity contribution is 5.27. The van der Waals surface area contributed by atoms with Gasteiger partial charge in [-0.1, -0.05) is 32.9 Å². The monoisotopic (exact) mass is 236 g/mol. The molecule has 1 unspecified atom stereocenters. The molecule has 0 amide bonds. The summed E-state index contributed by atoms with van der Waals surface area (Å²) in [7, 11) is 1.67. The molecule has 0 aliphatic rings. The van der Waals surface area contributed by atoms with Gasteiger partial charge in [0.05, 0.1) is 12.7 Å². The number of hydrogen-bond donors (Lipinski definition) is 1. The van der Waals surface area contributed by atoms with Crippen molar-refractivity contribution in [2.45, 2.75) is 46.1 Å². The second kappa shape index (κ2) is 5.09. The van der Waals surface area contributed by atoms with Crippen LogP contribution in [0.2, 0.25) is 0 Å². The molecule has 0 aliphatic heterocycles. The summed E-state index contributed by atoms with van der Waals surface area (Å²) in [5.41, 5.74) is 0.488. The van der Waals surface area contributed by atoms with Crippen LogP contribution < -0.4 is 4.74 Å². The molecule has 0 saturated carbocycles. The van der Waals surface area contributed by atoms with E-state index in [1.807, 2.05) is 19.1 Å². The van der Waals surface area contributed by atoms with Gasteiger partial charge in [-0.05, 0) is 42.9 Å². The van der Waals surface area contributed by atoms with Crippen molar-refractivity contribution in [3.63, 3.8) is 0 Å². The Bertz CT molecular complexity index is 344. The Labute approximate surface area is 105 Å². The van der Waals surface area contributed by atoms with Crippen molar-refractivity contribution >= 4 is 0 Å². The van der Waals surface area contributed by atoms with Crippen LogP contribution >= 0.6 is 0 Å². The van der Waals surface area contributed by atoms with Crippen LogP contribution in [-0.4, -0.2) is 17.8 Å². The molecule has 1 N–H and O–H groups in total. The van der Waals surface area contributed by atoms with Gasteiger partial charge < -0.3 is 9.84 Å². The maximum atomic E-state index is 10.4. The number of aryl methyl sites for hydroxylation is 1. The van der Waals surface area contributed by atoms with E-state index in [0.29, 0.717) is 0 Å². The molecule has 17 heavy (non-hydrogen) atoms. The molecule has 1 atom stereocenters. The SMILES string of the molecule is COc1ccc(CCC(C)(O)C(C)(C)C)cc1. The molecule has 2 heteroatoms. The van der Waals surface area contributed by atoms with Crippen LogP contribution in [0, 0.1) is 5.41 Å². The number of aliphatic hydroxyl groups is 1. The molecule has 0 heterocycles. The van der Waals surface area contributed by atoms with Crippen molar-refractivity contribution < 1.29 is 9.84 Å². The van der Waals surface area contributed by atoms with Crippen LogP contribution in [0.5, 0.6) is 5.75 Å². The molecule has 0 fully saturated rings. The average Bonchev–Trinajstić information content (AvgIpc) is 2.25. The lowest BCUT2D eigenvalue weighted by atomic mass is 9.75. The summed E-state index contributed by atoms with van der Waals surface area (Å²) in [6.45, 7) is 8.12. The van der Waals surface area contributed by atoms with Gasteiger partial charge >= 0.3 is 0 Å². The highest BCUT2D eigenvalue weighted by Gasteiger charge is 2.34. The highest BCUT2D eigenvalue weighted by atomic mass is 16.5. The minimum Gasteiger partial charge on any atom is -0.497 e. The summed E-state index contributed by atoms with van der Waals surface area (Å²) in [4.78, 5) is 0. The molecule has 0 aromatic heterocycles. The first-order chi connectivity index (χ1) is 7.76. The number of benzene rings is 1. The third-order valence-electron chi connectivity index (χ3n) is 3.68. The Hall–Kier alpha value is -1.02. The zero-order chi connectivity index (χ0) is 13.1. The lowest BCUT2D eigenvalue weighted by Gasteiger charge is -2.37. The first kappa shape index (κ1) is 14.0. The third-order valence-corrected chi connectivity index (χ3v) is 3.68. The zero-order valence-electron chi connectivity index (χ0n) is 11.6. The maximum absolute atomic E-state index is 10.4.